The zero-order chi connectivity index (χ0) is 17.6. The highest BCUT2D eigenvalue weighted by Crippen LogP contribution is 2.23. The van der Waals surface area contributed by atoms with Crippen LogP contribution in [0.1, 0.15) is 41.6 Å². The van der Waals surface area contributed by atoms with Gasteiger partial charge >= 0.3 is 0 Å². The topological polar surface area (TPSA) is 55.8 Å². The summed E-state index contributed by atoms with van der Waals surface area (Å²) in [7, 11) is 2.16. The molecule has 2 atom stereocenters. The molecule has 138 valence electrons. The second-order valence-electron chi connectivity index (χ2n) is 7.60. The Morgan fingerprint density at radius 3 is 2.48 bits per heavy atom. The lowest BCUT2D eigenvalue weighted by Gasteiger charge is -2.32. The molecule has 1 heterocycles. The van der Waals surface area contributed by atoms with Crippen molar-refractivity contribution in [3.63, 3.8) is 0 Å². The third kappa shape index (κ3) is 5.27. The summed E-state index contributed by atoms with van der Waals surface area (Å²) in [5.74, 6) is 0.165. The summed E-state index contributed by atoms with van der Waals surface area (Å²) in [5, 5.41) is 13.0. The van der Waals surface area contributed by atoms with Crippen LogP contribution < -0.4 is 5.32 Å². The molecule has 1 aliphatic carbocycles. The Labute approximate surface area is 151 Å². The van der Waals surface area contributed by atoms with E-state index in [0.717, 1.165) is 58.4 Å². The number of aliphatic hydroxyl groups is 1. The van der Waals surface area contributed by atoms with Crippen molar-refractivity contribution in [1.82, 2.24) is 15.1 Å². The summed E-state index contributed by atoms with van der Waals surface area (Å²) in [4.78, 5) is 17.1. The van der Waals surface area contributed by atoms with E-state index < -0.39 is 0 Å². The molecule has 2 unspecified atom stereocenters. The van der Waals surface area contributed by atoms with Crippen LogP contribution in [0.3, 0.4) is 0 Å². The number of hydrogen-bond donors (Lipinski definition) is 2. The number of aliphatic hydroxyl groups excluding tert-OH is 1. The van der Waals surface area contributed by atoms with E-state index in [1.165, 1.54) is 5.56 Å². The fraction of sp³-hybridized carbons (Fsp3) is 0.650. The predicted molar refractivity (Wildman–Crippen MR) is 99.5 cm³/mol. The molecule has 25 heavy (non-hydrogen) atoms. The first kappa shape index (κ1) is 18.4. The summed E-state index contributed by atoms with van der Waals surface area (Å²) in [5.41, 5.74) is 1.95. The van der Waals surface area contributed by atoms with Crippen molar-refractivity contribution in [2.24, 2.45) is 5.92 Å². The van der Waals surface area contributed by atoms with Crippen LogP contribution >= 0.6 is 0 Å². The van der Waals surface area contributed by atoms with Gasteiger partial charge in [-0.3, -0.25) is 9.69 Å². The van der Waals surface area contributed by atoms with E-state index >= 15 is 0 Å². The molecule has 2 aliphatic rings. The molecule has 1 aromatic carbocycles. The van der Waals surface area contributed by atoms with E-state index in [9.17, 15) is 9.90 Å². The van der Waals surface area contributed by atoms with Crippen LogP contribution in [0, 0.1) is 5.92 Å². The quantitative estimate of drug-likeness (QED) is 0.853. The van der Waals surface area contributed by atoms with Crippen molar-refractivity contribution in [1.29, 1.82) is 0 Å². The van der Waals surface area contributed by atoms with Crippen LogP contribution in [0.15, 0.2) is 24.3 Å². The Morgan fingerprint density at radius 2 is 1.80 bits per heavy atom. The molecule has 0 radical (unpaired) electrons. The highest BCUT2D eigenvalue weighted by molar-refractivity contribution is 5.94. The van der Waals surface area contributed by atoms with Crippen LogP contribution in [0.25, 0.3) is 0 Å². The number of likely N-dealkylation sites (N-methyl/N-ethyl adjacent to an activating group) is 1. The number of piperazine rings is 1. The molecule has 1 aliphatic heterocycles. The maximum Gasteiger partial charge on any atom is 0.251 e. The Bertz CT molecular complexity index is 553. The van der Waals surface area contributed by atoms with E-state index in [-0.39, 0.29) is 17.9 Å². The molecule has 3 rings (SSSR count). The molecule has 0 spiro atoms. The summed E-state index contributed by atoms with van der Waals surface area (Å²) in [6, 6.07) is 7.95. The third-order valence-corrected chi connectivity index (χ3v) is 5.61. The fourth-order valence-corrected chi connectivity index (χ4v) is 3.78. The van der Waals surface area contributed by atoms with Crippen LogP contribution in [0.4, 0.5) is 0 Å². The minimum absolute atomic E-state index is 0.0380. The van der Waals surface area contributed by atoms with Gasteiger partial charge in [0.2, 0.25) is 0 Å². The molecular weight excluding hydrogens is 314 g/mol. The van der Waals surface area contributed by atoms with Gasteiger partial charge in [-0.25, -0.2) is 0 Å². The Balaban J connectivity index is 1.47. The first-order valence-corrected chi connectivity index (χ1v) is 9.58. The lowest BCUT2D eigenvalue weighted by atomic mass is 9.86. The largest absolute Gasteiger partial charge is 0.393 e. The summed E-state index contributed by atoms with van der Waals surface area (Å²) in [6.45, 7) is 5.96. The third-order valence-electron chi connectivity index (χ3n) is 5.61. The second kappa shape index (κ2) is 8.79. The van der Waals surface area contributed by atoms with Crippen molar-refractivity contribution in [3.05, 3.63) is 35.4 Å². The summed E-state index contributed by atoms with van der Waals surface area (Å²) >= 11 is 0. The van der Waals surface area contributed by atoms with Gasteiger partial charge in [0, 0.05) is 50.7 Å². The normalized spacial score (nSPS) is 25.7. The van der Waals surface area contributed by atoms with Crippen LogP contribution in [0.2, 0.25) is 0 Å². The highest BCUT2D eigenvalue weighted by Gasteiger charge is 2.23. The molecule has 2 fully saturated rings. The van der Waals surface area contributed by atoms with E-state index in [0.29, 0.717) is 12.1 Å². The van der Waals surface area contributed by atoms with E-state index in [4.69, 9.17) is 0 Å². The lowest BCUT2D eigenvalue weighted by Crippen LogP contribution is -2.43. The molecule has 0 aromatic heterocycles. The SMILES string of the molecule is CN1CCN(Cc2ccc(C(=O)NCC3CCCCC3O)cc2)CC1. The maximum atomic E-state index is 12.3. The molecular formula is C20H31N3O2. The minimum Gasteiger partial charge on any atom is -0.393 e. The Hall–Kier alpha value is -1.43. The van der Waals surface area contributed by atoms with Crippen molar-refractivity contribution >= 4 is 5.91 Å². The van der Waals surface area contributed by atoms with Gasteiger partial charge in [-0.15, -0.1) is 0 Å². The van der Waals surface area contributed by atoms with Gasteiger partial charge in [0.05, 0.1) is 6.10 Å². The number of hydrogen-bond acceptors (Lipinski definition) is 4. The van der Waals surface area contributed by atoms with Crippen LogP contribution in [0.5, 0.6) is 0 Å². The zero-order valence-corrected chi connectivity index (χ0v) is 15.3. The fourth-order valence-electron chi connectivity index (χ4n) is 3.78. The number of carbonyl (C=O) groups is 1. The van der Waals surface area contributed by atoms with Crippen LogP contribution in [-0.4, -0.2) is 66.7 Å². The molecule has 0 bridgehead atoms. The molecule has 1 saturated heterocycles. The van der Waals surface area contributed by atoms with Gasteiger partial charge in [0.1, 0.15) is 0 Å². The zero-order valence-electron chi connectivity index (χ0n) is 15.3. The van der Waals surface area contributed by atoms with Gasteiger partial charge in [0.25, 0.3) is 5.91 Å². The average Bonchev–Trinajstić information content (AvgIpc) is 2.63. The molecule has 2 N–H and O–H groups in total. The molecule has 5 heteroatoms. The van der Waals surface area contributed by atoms with Crippen molar-refractivity contribution in [2.45, 2.75) is 38.3 Å². The van der Waals surface area contributed by atoms with Gasteiger partial charge in [0.15, 0.2) is 0 Å². The molecule has 1 aromatic rings. The van der Waals surface area contributed by atoms with E-state index in [2.05, 4.69) is 34.3 Å². The van der Waals surface area contributed by atoms with Gasteiger partial charge < -0.3 is 15.3 Å². The van der Waals surface area contributed by atoms with Crippen molar-refractivity contribution in [3.8, 4) is 0 Å². The van der Waals surface area contributed by atoms with Gasteiger partial charge in [-0.05, 0) is 37.6 Å². The number of carbonyl (C=O) groups excluding carboxylic acids is 1. The van der Waals surface area contributed by atoms with Gasteiger partial charge in [-0.2, -0.15) is 0 Å². The van der Waals surface area contributed by atoms with E-state index in [1.807, 2.05) is 12.1 Å². The van der Waals surface area contributed by atoms with Gasteiger partial charge in [-0.1, -0.05) is 25.0 Å². The Kier molecular flexibility index (Phi) is 6.45. The number of rotatable bonds is 5. The van der Waals surface area contributed by atoms with Crippen molar-refractivity contribution < 1.29 is 9.90 Å². The predicted octanol–water partition coefficient (Wildman–Crippen LogP) is 1.71. The standard InChI is InChI=1S/C20H31N3O2/c1-22-10-12-23(13-11-22)15-16-6-8-17(9-7-16)20(25)21-14-18-4-2-3-5-19(18)24/h6-9,18-19,24H,2-5,10-15H2,1H3,(H,21,25). The summed E-state index contributed by atoms with van der Waals surface area (Å²) < 4.78 is 0. The first-order valence-electron chi connectivity index (χ1n) is 9.58. The monoisotopic (exact) mass is 345 g/mol. The van der Waals surface area contributed by atoms with Crippen molar-refractivity contribution in [2.75, 3.05) is 39.8 Å². The average molecular weight is 345 g/mol. The number of amides is 1. The smallest absolute Gasteiger partial charge is 0.251 e. The first-order chi connectivity index (χ1) is 12.1. The number of benzene rings is 1. The summed E-state index contributed by atoms with van der Waals surface area (Å²) in [6.07, 6.45) is 3.85. The lowest BCUT2D eigenvalue weighted by molar-refractivity contribution is 0.0663. The maximum absolute atomic E-state index is 12.3. The Morgan fingerprint density at radius 1 is 1.12 bits per heavy atom. The second-order valence-corrected chi connectivity index (χ2v) is 7.60. The van der Waals surface area contributed by atoms with E-state index in [1.54, 1.807) is 0 Å². The highest BCUT2D eigenvalue weighted by atomic mass is 16.3. The molecule has 1 saturated carbocycles. The minimum atomic E-state index is -0.264. The molecule has 5 nitrogen and oxygen atoms in total. The molecule has 1 amide bonds. The van der Waals surface area contributed by atoms with Crippen LogP contribution in [-0.2, 0) is 6.54 Å². The number of nitrogens with one attached hydrogen (secondary N) is 1. The number of nitrogens with zero attached hydrogens (tertiary/aromatic N) is 2.